The molecule has 1 unspecified atom stereocenters. The Labute approximate surface area is 125 Å². The third-order valence-electron chi connectivity index (χ3n) is 3.76. The maximum Gasteiger partial charge on any atom is 0.189 e. The molecule has 6 heteroatoms. The summed E-state index contributed by atoms with van der Waals surface area (Å²) in [4.78, 5) is 12.5. The zero-order valence-electron chi connectivity index (χ0n) is 12.4. The molecule has 0 aromatic carbocycles. The van der Waals surface area contributed by atoms with Gasteiger partial charge in [0.1, 0.15) is 5.01 Å². The van der Waals surface area contributed by atoms with Crippen molar-refractivity contribution in [1.29, 1.82) is 0 Å². The van der Waals surface area contributed by atoms with Crippen LogP contribution in [0.1, 0.15) is 36.6 Å². The summed E-state index contributed by atoms with van der Waals surface area (Å²) in [5, 5.41) is 4.27. The lowest BCUT2D eigenvalue weighted by Gasteiger charge is -2.23. The lowest BCUT2D eigenvalue weighted by molar-refractivity contribution is 0.267. The number of aryl methyl sites for hydroxylation is 1. The molecule has 1 aromatic rings. The van der Waals surface area contributed by atoms with E-state index in [0.717, 1.165) is 24.5 Å². The van der Waals surface area contributed by atoms with Crippen LogP contribution in [0.15, 0.2) is 11.2 Å². The number of nitrogens with zero attached hydrogens (tertiary/aromatic N) is 3. The van der Waals surface area contributed by atoms with Crippen molar-refractivity contribution < 1.29 is 0 Å². The molecule has 0 amide bonds. The Balaban J connectivity index is 1.76. The number of likely N-dealkylation sites (tertiary alicyclic amines) is 1. The second-order valence-corrected chi connectivity index (χ2v) is 6.28. The Morgan fingerprint density at radius 3 is 3.15 bits per heavy atom. The number of nitrogens with two attached hydrogens (primary N) is 1. The minimum Gasteiger partial charge on any atom is -0.370 e. The lowest BCUT2D eigenvalue weighted by atomic mass is 10.2. The first-order chi connectivity index (χ1) is 9.72. The van der Waals surface area contributed by atoms with E-state index in [1.807, 2.05) is 6.20 Å². The van der Waals surface area contributed by atoms with Crippen molar-refractivity contribution in [2.75, 3.05) is 19.6 Å². The van der Waals surface area contributed by atoms with Gasteiger partial charge in [-0.3, -0.25) is 4.90 Å². The Morgan fingerprint density at radius 2 is 2.45 bits per heavy atom. The van der Waals surface area contributed by atoms with Crippen molar-refractivity contribution in [2.45, 2.75) is 45.7 Å². The summed E-state index contributed by atoms with van der Waals surface area (Å²) in [5.41, 5.74) is 5.92. The molecule has 2 heterocycles. The molecule has 1 aromatic heterocycles. The van der Waals surface area contributed by atoms with Crippen LogP contribution < -0.4 is 11.1 Å². The molecule has 1 saturated heterocycles. The number of aliphatic imine (C=N–C) groups is 1. The van der Waals surface area contributed by atoms with E-state index in [2.05, 4.69) is 34.0 Å². The van der Waals surface area contributed by atoms with Gasteiger partial charge >= 0.3 is 0 Å². The Hall–Kier alpha value is -1.14. The number of thiazole rings is 1. The molecule has 0 saturated carbocycles. The van der Waals surface area contributed by atoms with Crippen molar-refractivity contribution in [3.63, 3.8) is 0 Å². The highest BCUT2D eigenvalue weighted by Gasteiger charge is 2.22. The summed E-state index contributed by atoms with van der Waals surface area (Å²) >= 11 is 1.71. The molecule has 1 atom stereocenters. The van der Waals surface area contributed by atoms with Crippen molar-refractivity contribution in [1.82, 2.24) is 15.2 Å². The summed E-state index contributed by atoms with van der Waals surface area (Å²) < 4.78 is 0. The van der Waals surface area contributed by atoms with Crippen LogP contribution in [0.2, 0.25) is 0 Å². The molecule has 1 fully saturated rings. The first kappa shape index (κ1) is 15.3. The maximum atomic E-state index is 5.92. The minimum absolute atomic E-state index is 0.529. The van der Waals surface area contributed by atoms with E-state index in [1.54, 1.807) is 11.3 Å². The zero-order valence-corrected chi connectivity index (χ0v) is 13.2. The minimum atomic E-state index is 0.529. The van der Waals surface area contributed by atoms with Crippen LogP contribution in [0.5, 0.6) is 0 Å². The van der Waals surface area contributed by atoms with Crippen LogP contribution in [-0.4, -0.2) is 41.5 Å². The van der Waals surface area contributed by atoms with Crippen molar-refractivity contribution in [2.24, 2.45) is 10.7 Å². The number of likely N-dealkylation sites (N-methyl/N-ethyl adjacent to an activating group) is 1. The van der Waals surface area contributed by atoms with Gasteiger partial charge in [0.05, 0.1) is 6.54 Å². The second kappa shape index (κ2) is 7.59. The predicted molar refractivity (Wildman–Crippen MR) is 85.1 cm³/mol. The number of rotatable bonds is 6. The molecule has 1 aliphatic heterocycles. The van der Waals surface area contributed by atoms with Gasteiger partial charge in [0.25, 0.3) is 0 Å². The quantitative estimate of drug-likeness (QED) is 0.618. The fraction of sp³-hybridized carbons (Fsp3) is 0.714. The molecule has 3 N–H and O–H groups in total. The summed E-state index contributed by atoms with van der Waals surface area (Å²) in [7, 11) is 0. The van der Waals surface area contributed by atoms with Gasteiger partial charge in [-0.05, 0) is 32.4 Å². The van der Waals surface area contributed by atoms with E-state index in [4.69, 9.17) is 5.73 Å². The average Bonchev–Trinajstić information content (AvgIpc) is 3.11. The molecule has 1 aliphatic rings. The van der Waals surface area contributed by atoms with Crippen LogP contribution >= 0.6 is 11.3 Å². The van der Waals surface area contributed by atoms with Gasteiger partial charge in [0, 0.05) is 23.7 Å². The summed E-state index contributed by atoms with van der Waals surface area (Å²) in [6.07, 6.45) is 5.50. The third kappa shape index (κ3) is 4.18. The van der Waals surface area contributed by atoms with E-state index in [-0.39, 0.29) is 0 Å². The smallest absolute Gasteiger partial charge is 0.189 e. The first-order valence-electron chi connectivity index (χ1n) is 7.44. The van der Waals surface area contributed by atoms with Gasteiger partial charge in [0.2, 0.25) is 0 Å². The van der Waals surface area contributed by atoms with Crippen LogP contribution in [-0.2, 0) is 13.0 Å². The van der Waals surface area contributed by atoms with Crippen LogP contribution in [0.3, 0.4) is 0 Å². The van der Waals surface area contributed by atoms with Crippen molar-refractivity contribution in [3.8, 4) is 0 Å². The summed E-state index contributed by atoms with van der Waals surface area (Å²) in [6, 6.07) is 0.598. The van der Waals surface area contributed by atoms with Crippen molar-refractivity contribution >= 4 is 17.3 Å². The number of hydrogen-bond donors (Lipinski definition) is 2. The van der Waals surface area contributed by atoms with Crippen LogP contribution in [0, 0.1) is 0 Å². The van der Waals surface area contributed by atoms with Gasteiger partial charge < -0.3 is 11.1 Å². The average molecular weight is 295 g/mol. The maximum absolute atomic E-state index is 5.92. The molecule has 0 bridgehead atoms. The molecule has 20 heavy (non-hydrogen) atoms. The molecule has 0 radical (unpaired) electrons. The van der Waals surface area contributed by atoms with E-state index in [0.29, 0.717) is 18.5 Å². The number of guanidine groups is 1. The highest BCUT2D eigenvalue weighted by Crippen LogP contribution is 2.16. The Kier molecular flexibility index (Phi) is 5.79. The van der Waals surface area contributed by atoms with Gasteiger partial charge in [-0.2, -0.15) is 0 Å². The predicted octanol–water partition coefficient (Wildman–Crippen LogP) is 1.59. The van der Waals surface area contributed by atoms with Gasteiger partial charge in [-0.25, -0.2) is 9.98 Å². The van der Waals surface area contributed by atoms with E-state index in [9.17, 15) is 0 Å². The first-order valence-corrected chi connectivity index (χ1v) is 8.26. The lowest BCUT2D eigenvalue weighted by Crippen LogP contribution is -2.42. The fourth-order valence-electron chi connectivity index (χ4n) is 2.56. The third-order valence-corrected chi connectivity index (χ3v) is 4.89. The fourth-order valence-corrected chi connectivity index (χ4v) is 3.35. The van der Waals surface area contributed by atoms with Crippen LogP contribution in [0.4, 0.5) is 0 Å². The highest BCUT2D eigenvalue weighted by molar-refractivity contribution is 7.11. The topological polar surface area (TPSA) is 66.5 Å². The summed E-state index contributed by atoms with van der Waals surface area (Å²) in [6.45, 7) is 8.13. The largest absolute Gasteiger partial charge is 0.370 e. The monoisotopic (exact) mass is 295 g/mol. The Morgan fingerprint density at radius 1 is 1.60 bits per heavy atom. The number of nitrogens with one attached hydrogen (secondary N) is 1. The molecule has 0 aliphatic carbocycles. The normalized spacial score (nSPS) is 20.5. The molecular formula is C14H25N5S. The summed E-state index contributed by atoms with van der Waals surface area (Å²) in [5.74, 6) is 0.529. The highest BCUT2D eigenvalue weighted by atomic mass is 32.1. The Bertz CT molecular complexity index is 443. The van der Waals surface area contributed by atoms with Gasteiger partial charge in [-0.15, -0.1) is 11.3 Å². The number of aromatic nitrogens is 1. The molecule has 0 spiro atoms. The molecule has 5 nitrogen and oxygen atoms in total. The standard InChI is InChI=1S/C14H25N5S/c1-3-12-9-16-13(20-12)10-18-14(15)17-8-11-6-5-7-19(11)4-2/h9,11H,3-8,10H2,1-2H3,(H3,15,17,18). The molecule has 112 valence electrons. The van der Waals surface area contributed by atoms with Gasteiger partial charge in [-0.1, -0.05) is 13.8 Å². The molecule has 2 rings (SSSR count). The van der Waals surface area contributed by atoms with Gasteiger partial charge in [0.15, 0.2) is 5.96 Å². The van der Waals surface area contributed by atoms with Crippen molar-refractivity contribution in [3.05, 3.63) is 16.1 Å². The van der Waals surface area contributed by atoms with E-state index < -0.39 is 0 Å². The SMILES string of the molecule is CCc1cnc(CN=C(N)NCC2CCCN2CC)s1. The van der Waals surface area contributed by atoms with E-state index in [1.165, 1.54) is 24.3 Å². The second-order valence-electron chi connectivity index (χ2n) is 5.08. The van der Waals surface area contributed by atoms with Crippen LogP contribution in [0.25, 0.3) is 0 Å². The van der Waals surface area contributed by atoms with E-state index >= 15 is 0 Å². The number of hydrogen-bond acceptors (Lipinski definition) is 4. The molecular weight excluding hydrogens is 270 g/mol. The zero-order chi connectivity index (χ0) is 14.4.